The Morgan fingerprint density at radius 2 is 1.75 bits per heavy atom. The number of carbonyl (C=O) groups excluding carboxylic acids is 2. The molecule has 1 aliphatic heterocycles. The highest BCUT2D eigenvalue weighted by Crippen LogP contribution is 2.39. The Hall–Kier alpha value is -2.60. The van der Waals surface area contributed by atoms with Gasteiger partial charge in [0.15, 0.2) is 0 Å². The molecule has 1 aliphatic carbocycles. The van der Waals surface area contributed by atoms with E-state index in [1.54, 1.807) is 19.1 Å². The molecule has 0 spiro atoms. The molecular formula is C33H47N3O6S2. The zero-order valence-corrected chi connectivity index (χ0v) is 28.0. The number of hydrogen-bond donors (Lipinski definition) is 3. The zero-order chi connectivity index (χ0) is 32.1. The molecule has 0 unspecified atom stereocenters. The van der Waals surface area contributed by atoms with Gasteiger partial charge in [0.25, 0.3) is 5.91 Å². The second kappa shape index (κ2) is 14.7. The van der Waals surface area contributed by atoms with Gasteiger partial charge >= 0.3 is 10.1 Å². The van der Waals surface area contributed by atoms with Gasteiger partial charge in [0, 0.05) is 40.4 Å². The first-order chi connectivity index (χ1) is 20.7. The van der Waals surface area contributed by atoms with Crippen LogP contribution in [0.15, 0.2) is 53.4 Å². The van der Waals surface area contributed by atoms with Gasteiger partial charge in [-0.2, -0.15) is 8.42 Å². The van der Waals surface area contributed by atoms with Crippen molar-refractivity contribution in [2.45, 2.75) is 88.4 Å². The molecule has 2 aromatic rings. The molecule has 1 heterocycles. The van der Waals surface area contributed by atoms with Crippen LogP contribution in [-0.4, -0.2) is 79.1 Å². The number of amides is 2. The van der Waals surface area contributed by atoms with Crippen molar-refractivity contribution in [2.24, 2.45) is 11.8 Å². The predicted molar refractivity (Wildman–Crippen MR) is 174 cm³/mol. The molecular weight excluding hydrogens is 599 g/mol. The average Bonchev–Trinajstić information content (AvgIpc) is 2.94. The van der Waals surface area contributed by atoms with Crippen molar-refractivity contribution in [2.75, 3.05) is 25.1 Å². The predicted octanol–water partition coefficient (Wildman–Crippen LogP) is 4.38. The van der Waals surface area contributed by atoms with Gasteiger partial charge in [0.1, 0.15) is 5.75 Å². The van der Waals surface area contributed by atoms with E-state index >= 15 is 0 Å². The van der Waals surface area contributed by atoms with Crippen LogP contribution in [0.4, 0.5) is 0 Å². The number of piperidine rings is 1. The summed E-state index contributed by atoms with van der Waals surface area (Å²) in [5, 5.41) is 17.9. The number of aliphatic hydroxyl groups excluding tert-OH is 1. The SMILES string of the molecule is Cc1c(OS(C)(=O)=O)cccc1C(=O)N[C@@H](CSc1ccccc1)[C@H](O)CN1C[C@H]2CCCC[C@H]2C[C@H]1C(=O)NC(C)(C)C. The van der Waals surface area contributed by atoms with Crippen molar-refractivity contribution in [3.63, 3.8) is 0 Å². The quantitative estimate of drug-likeness (QED) is 0.243. The lowest BCUT2D eigenvalue weighted by atomic mass is 9.72. The summed E-state index contributed by atoms with van der Waals surface area (Å²) in [4.78, 5) is 30.3. The molecule has 44 heavy (non-hydrogen) atoms. The van der Waals surface area contributed by atoms with E-state index in [-0.39, 0.29) is 35.3 Å². The standard InChI is InChI=1S/C33H47N3O6S2/c1-22-26(16-11-17-30(22)42-44(5,40)41)31(38)34-27(21-43-25-14-7-6-8-15-25)29(37)20-36-19-24-13-10-9-12-23(24)18-28(36)32(39)35-33(2,3)4/h6-8,11,14-17,23-24,27-29,37H,9-10,12-13,18-21H2,1-5H3,(H,34,38)(H,35,39)/t23-,24+,27-,28-,29+/m0/s1. The van der Waals surface area contributed by atoms with Crippen molar-refractivity contribution >= 4 is 33.7 Å². The third kappa shape index (κ3) is 9.70. The number of benzene rings is 2. The number of thioether (sulfide) groups is 1. The van der Waals surface area contributed by atoms with Crippen LogP contribution in [0.25, 0.3) is 0 Å². The normalized spacial score (nSPS) is 22.4. The van der Waals surface area contributed by atoms with Crippen LogP contribution in [0.5, 0.6) is 5.75 Å². The Morgan fingerprint density at radius 1 is 1.07 bits per heavy atom. The maximum Gasteiger partial charge on any atom is 0.306 e. The summed E-state index contributed by atoms with van der Waals surface area (Å²) < 4.78 is 28.6. The molecule has 242 valence electrons. The summed E-state index contributed by atoms with van der Waals surface area (Å²) in [5.41, 5.74) is 0.275. The summed E-state index contributed by atoms with van der Waals surface area (Å²) in [6.07, 6.45) is 5.39. The Kier molecular flexibility index (Phi) is 11.4. The number of fused-ring (bicyclic) bond motifs is 1. The van der Waals surface area contributed by atoms with E-state index in [1.807, 2.05) is 51.1 Å². The lowest BCUT2D eigenvalue weighted by molar-refractivity contribution is -0.132. The van der Waals surface area contributed by atoms with Crippen molar-refractivity contribution in [3.05, 3.63) is 59.7 Å². The smallest absolute Gasteiger partial charge is 0.306 e. The number of likely N-dealkylation sites (tertiary alicyclic amines) is 1. The molecule has 3 N–H and O–H groups in total. The van der Waals surface area contributed by atoms with Gasteiger partial charge in [-0.25, -0.2) is 0 Å². The number of β-amino-alcohol motifs (C(OH)–C–C–N with tert-alkyl or cyclic N) is 1. The molecule has 0 bridgehead atoms. The van der Waals surface area contributed by atoms with E-state index in [2.05, 4.69) is 15.5 Å². The summed E-state index contributed by atoms with van der Waals surface area (Å²) in [6, 6.07) is 13.4. The molecule has 0 aromatic heterocycles. The van der Waals surface area contributed by atoms with E-state index < -0.39 is 28.2 Å². The van der Waals surface area contributed by atoms with Gasteiger partial charge in [-0.05, 0) is 76.6 Å². The van der Waals surface area contributed by atoms with Crippen LogP contribution in [0.2, 0.25) is 0 Å². The van der Waals surface area contributed by atoms with Crippen LogP contribution < -0.4 is 14.8 Å². The molecule has 2 fully saturated rings. The van der Waals surface area contributed by atoms with Gasteiger partial charge in [-0.15, -0.1) is 11.8 Å². The van der Waals surface area contributed by atoms with Gasteiger partial charge < -0.3 is 19.9 Å². The van der Waals surface area contributed by atoms with E-state index in [0.29, 0.717) is 23.2 Å². The highest BCUT2D eigenvalue weighted by Gasteiger charge is 2.41. The molecule has 9 nitrogen and oxygen atoms in total. The van der Waals surface area contributed by atoms with Crippen LogP contribution in [-0.2, 0) is 14.9 Å². The highest BCUT2D eigenvalue weighted by atomic mass is 32.2. The summed E-state index contributed by atoms with van der Waals surface area (Å²) in [5.74, 6) is 1.01. The zero-order valence-electron chi connectivity index (χ0n) is 26.4. The topological polar surface area (TPSA) is 125 Å². The minimum atomic E-state index is -3.78. The molecule has 2 amide bonds. The molecule has 2 aromatic carbocycles. The maximum atomic E-state index is 13.6. The molecule has 5 atom stereocenters. The molecule has 1 saturated heterocycles. The second-order valence-corrected chi connectivity index (χ2v) is 15.9. The second-order valence-electron chi connectivity index (χ2n) is 13.2. The van der Waals surface area contributed by atoms with Gasteiger partial charge in [-0.1, -0.05) is 43.5 Å². The first kappa shape index (κ1) is 34.3. The van der Waals surface area contributed by atoms with Gasteiger partial charge in [0.05, 0.1) is 24.4 Å². The van der Waals surface area contributed by atoms with Gasteiger partial charge in [-0.3, -0.25) is 14.5 Å². The van der Waals surface area contributed by atoms with E-state index in [9.17, 15) is 23.1 Å². The largest absolute Gasteiger partial charge is 0.390 e. The number of rotatable bonds is 11. The Bertz CT molecular complexity index is 1400. The Labute approximate surface area is 266 Å². The number of carbonyl (C=O) groups is 2. The fraction of sp³-hybridized carbons (Fsp3) is 0.576. The van der Waals surface area contributed by atoms with Crippen molar-refractivity contribution in [1.82, 2.24) is 15.5 Å². The number of nitrogens with one attached hydrogen (secondary N) is 2. The van der Waals surface area contributed by atoms with Crippen molar-refractivity contribution < 1.29 is 27.3 Å². The van der Waals surface area contributed by atoms with Crippen molar-refractivity contribution in [1.29, 1.82) is 0 Å². The number of aliphatic hydroxyl groups is 1. The van der Waals surface area contributed by atoms with Crippen LogP contribution in [0.3, 0.4) is 0 Å². The minimum absolute atomic E-state index is 0.0220. The summed E-state index contributed by atoms with van der Waals surface area (Å²) >= 11 is 1.53. The minimum Gasteiger partial charge on any atom is -0.390 e. The first-order valence-electron chi connectivity index (χ1n) is 15.4. The molecule has 2 aliphatic rings. The van der Waals surface area contributed by atoms with E-state index in [1.165, 1.54) is 30.7 Å². The molecule has 1 saturated carbocycles. The van der Waals surface area contributed by atoms with Gasteiger partial charge in [0.2, 0.25) is 5.91 Å². The maximum absolute atomic E-state index is 13.6. The highest BCUT2D eigenvalue weighted by molar-refractivity contribution is 7.99. The van der Waals surface area contributed by atoms with Crippen LogP contribution >= 0.6 is 11.8 Å². The number of hydrogen-bond acceptors (Lipinski definition) is 8. The fourth-order valence-corrected chi connectivity index (χ4v) is 7.84. The molecule has 0 radical (unpaired) electrons. The lowest BCUT2D eigenvalue weighted by Crippen LogP contribution is -2.60. The van der Waals surface area contributed by atoms with E-state index in [0.717, 1.165) is 37.0 Å². The molecule has 4 rings (SSSR count). The van der Waals surface area contributed by atoms with Crippen LogP contribution in [0.1, 0.15) is 68.8 Å². The van der Waals surface area contributed by atoms with Crippen LogP contribution in [0, 0.1) is 18.8 Å². The number of nitrogens with zero attached hydrogens (tertiary/aromatic N) is 1. The first-order valence-corrected chi connectivity index (χ1v) is 18.2. The summed E-state index contributed by atoms with van der Waals surface area (Å²) in [7, 11) is -3.78. The Balaban J connectivity index is 1.56. The summed E-state index contributed by atoms with van der Waals surface area (Å²) in [6.45, 7) is 8.52. The average molecular weight is 646 g/mol. The van der Waals surface area contributed by atoms with Crippen molar-refractivity contribution in [3.8, 4) is 5.75 Å². The third-order valence-electron chi connectivity index (χ3n) is 8.45. The third-order valence-corrected chi connectivity index (χ3v) is 10.1. The monoisotopic (exact) mass is 645 g/mol. The lowest BCUT2D eigenvalue weighted by Gasteiger charge is -2.47. The fourth-order valence-electron chi connectivity index (χ4n) is 6.31. The molecule has 11 heteroatoms. The Morgan fingerprint density at radius 3 is 2.41 bits per heavy atom. The van der Waals surface area contributed by atoms with E-state index in [4.69, 9.17) is 4.18 Å².